The fraction of sp³-hybridized carbons (Fsp3) is 0.250. The molecule has 1 heterocycles. The maximum atomic E-state index is 13.3. The third kappa shape index (κ3) is 5.24. The summed E-state index contributed by atoms with van der Waals surface area (Å²) < 4.78 is 20.9. The van der Waals surface area contributed by atoms with Gasteiger partial charge in [0.25, 0.3) is 0 Å². The van der Waals surface area contributed by atoms with Gasteiger partial charge in [-0.1, -0.05) is 47.1 Å². The summed E-state index contributed by atoms with van der Waals surface area (Å²) in [5, 5.41) is 11.6. The van der Waals surface area contributed by atoms with Crippen LogP contribution in [0.5, 0.6) is 5.75 Å². The first-order chi connectivity index (χ1) is 14.3. The zero-order valence-corrected chi connectivity index (χ0v) is 18.7. The molecule has 0 aliphatic heterocycles. The summed E-state index contributed by atoms with van der Waals surface area (Å²) in [7, 11) is 1.80. The van der Waals surface area contributed by atoms with Crippen LogP contribution in [0.4, 0.5) is 10.1 Å². The molecule has 1 N–H and O–H groups in total. The minimum Gasteiger partial charge on any atom is -0.481 e. The average Bonchev–Trinajstić information content (AvgIpc) is 3.07. The molecule has 0 spiro atoms. The SMILES string of the molecule is CC(Sc1nnc(C(C)Oc2ccccc2Cl)n1C)C(=O)Nc1ccc(F)c(Cl)c1. The number of rotatable bonds is 7. The fourth-order valence-corrected chi connectivity index (χ4v) is 3.78. The summed E-state index contributed by atoms with van der Waals surface area (Å²) >= 11 is 13.1. The van der Waals surface area contributed by atoms with Crippen molar-refractivity contribution in [2.75, 3.05) is 5.32 Å². The third-order valence-corrected chi connectivity index (χ3v) is 5.95. The zero-order chi connectivity index (χ0) is 21.8. The van der Waals surface area contributed by atoms with E-state index in [9.17, 15) is 9.18 Å². The molecule has 0 saturated heterocycles. The van der Waals surface area contributed by atoms with Gasteiger partial charge in [0.05, 0.1) is 15.3 Å². The molecule has 30 heavy (non-hydrogen) atoms. The van der Waals surface area contributed by atoms with Gasteiger partial charge in [-0.05, 0) is 44.2 Å². The molecule has 3 rings (SSSR count). The highest BCUT2D eigenvalue weighted by atomic mass is 35.5. The quantitative estimate of drug-likeness (QED) is 0.462. The Bertz CT molecular complexity index is 1060. The first-order valence-electron chi connectivity index (χ1n) is 8.99. The van der Waals surface area contributed by atoms with Gasteiger partial charge in [0.2, 0.25) is 5.91 Å². The van der Waals surface area contributed by atoms with Gasteiger partial charge < -0.3 is 14.6 Å². The number of carbonyl (C=O) groups is 1. The van der Waals surface area contributed by atoms with Crippen LogP contribution in [0.25, 0.3) is 0 Å². The second-order valence-corrected chi connectivity index (χ2v) is 8.59. The molecule has 1 amide bonds. The van der Waals surface area contributed by atoms with Crippen LogP contribution in [0.2, 0.25) is 10.0 Å². The molecule has 0 aliphatic rings. The van der Waals surface area contributed by atoms with Gasteiger partial charge in [-0.15, -0.1) is 10.2 Å². The van der Waals surface area contributed by atoms with Gasteiger partial charge in [-0.2, -0.15) is 0 Å². The summed E-state index contributed by atoms with van der Waals surface area (Å²) in [6.45, 7) is 3.58. The van der Waals surface area contributed by atoms with Gasteiger partial charge >= 0.3 is 0 Å². The number of anilines is 1. The fourth-order valence-electron chi connectivity index (χ4n) is 2.60. The van der Waals surface area contributed by atoms with Crippen molar-refractivity contribution in [3.05, 3.63) is 64.2 Å². The van der Waals surface area contributed by atoms with Crippen molar-refractivity contribution in [2.45, 2.75) is 30.4 Å². The number of amides is 1. The predicted molar refractivity (Wildman–Crippen MR) is 117 cm³/mol. The Hall–Kier alpha value is -2.29. The summed E-state index contributed by atoms with van der Waals surface area (Å²) in [5.74, 6) is 0.328. The van der Waals surface area contributed by atoms with Gasteiger partial charge in [-0.3, -0.25) is 4.79 Å². The molecular formula is C20H19Cl2FN4O2S. The molecule has 1 aromatic heterocycles. The number of hydrogen-bond acceptors (Lipinski definition) is 5. The molecule has 0 saturated carbocycles. The lowest BCUT2D eigenvalue weighted by molar-refractivity contribution is -0.115. The highest BCUT2D eigenvalue weighted by Gasteiger charge is 2.22. The molecule has 6 nitrogen and oxygen atoms in total. The van der Waals surface area contributed by atoms with Gasteiger partial charge in [0.1, 0.15) is 11.6 Å². The van der Waals surface area contributed by atoms with E-state index in [1.165, 1.54) is 30.0 Å². The molecule has 158 valence electrons. The Morgan fingerprint density at radius 3 is 2.60 bits per heavy atom. The number of nitrogens with one attached hydrogen (secondary N) is 1. The number of thioether (sulfide) groups is 1. The minimum absolute atomic E-state index is 0.0569. The molecular weight excluding hydrogens is 450 g/mol. The third-order valence-electron chi connectivity index (χ3n) is 4.21. The Labute approximate surface area is 187 Å². The summed E-state index contributed by atoms with van der Waals surface area (Å²) in [5.41, 5.74) is 0.416. The van der Waals surface area contributed by atoms with Crippen molar-refractivity contribution in [1.82, 2.24) is 14.8 Å². The Balaban J connectivity index is 1.65. The topological polar surface area (TPSA) is 69.0 Å². The summed E-state index contributed by atoms with van der Waals surface area (Å²) in [6, 6.07) is 11.2. The van der Waals surface area contributed by atoms with Crippen molar-refractivity contribution >= 4 is 46.6 Å². The Kier molecular flexibility index (Phi) is 7.23. The van der Waals surface area contributed by atoms with Crippen LogP contribution in [0.15, 0.2) is 47.6 Å². The van der Waals surface area contributed by atoms with E-state index in [-0.39, 0.29) is 10.9 Å². The van der Waals surface area contributed by atoms with E-state index < -0.39 is 17.2 Å². The Morgan fingerprint density at radius 1 is 1.17 bits per heavy atom. The van der Waals surface area contributed by atoms with Crippen LogP contribution in [-0.2, 0) is 11.8 Å². The molecule has 10 heteroatoms. The number of nitrogens with zero attached hydrogens (tertiary/aromatic N) is 3. The normalized spacial score (nSPS) is 13.0. The summed E-state index contributed by atoms with van der Waals surface area (Å²) in [6.07, 6.45) is -0.401. The maximum Gasteiger partial charge on any atom is 0.237 e. The van der Waals surface area contributed by atoms with Crippen LogP contribution in [0.1, 0.15) is 25.8 Å². The lowest BCUT2D eigenvalue weighted by Crippen LogP contribution is -2.23. The van der Waals surface area contributed by atoms with E-state index in [1.54, 1.807) is 30.7 Å². The molecule has 0 radical (unpaired) electrons. The van der Waals surface area contributed by atoms with Crippen molar-refractivity contribution < 1.29 is 13.9 Å². The maximum absolute atomic E-state index is 13.3. The van der Waals surface area contributed by atoms with E-state index in [2.05, 4.69) is 15.5 Å². The second kappa shape index (κ2) is 9.68. The molecule has 2 atom stereocenters. The van der Waals surface area contributed by atoms with E-state index in [0.29, 0.717) is 27.4 Å². The lowest BCUT2D eigenvalue weighted by atomic mass is 10.3. The molecule has 0 fully saturated rings. The van der Waals surface area contributed by atoms with Crippen LogP contribution in [-0.4, -0.2) is 25.9 Å². The van der Waals surface area contributed by atoms with Crippen LogP contribution >= 0.6 is 35.0 Å². The van der Waals surface area contributed by atoms with Gasteiger partial charge in [0.15, 0.2) is 17.1 Å². The van der Waals surface area contributed by atoms with Crippen molar-refractivity contribution in [1.29, 1.82) is 0 Å². The number of para-hydroxylation sites is 1. The number of halogens is 3. The van der Waals surface area contributed by atoms with E-state index in [1.807, 2.05) is 19.1 Å². The van der Waals surface area contributed by atoms with Crippen molar-refractivity contribution in [3.8, 4) is 5.75 Å². The molecule has 2 unspecified atom stereocenters. The first-order valence-corrected chi connectivity index (χ1v) is 10.6. The molecule has 0 bridgehead atoms. The van der Waals surface area contributed by atoms with Crippen LogP contribution in [0.3, 0.4) is 0 Å². The average molecular weight is 469 g/mol. The second-order valence-electron chi connectivity index (χ2n) is 6.47. The van der Waals surface area contributed by atoms with Crippen LogP contribution in [0, 0.1) is 5.82 Å². The van der Waals surface area contributed by atoms with Crippen molar-refractivity contribution in [2.24, 2.45) is 7.05 Å². The number of benzene rings is 2. The predicted octanol–water partition coefficient (Wildman–Crippen LogP) is 5.52. The molecule has 2 aromatic carbocycles. The van der Waals surface area contributed by atoms with Crippen molar-refractivity contribution in [3.63, 3.8) is 0 Å². The monoisotopic (exact) mass is 468 g/mol. The van der Waals surface area contributed by atoms with Crippen LogP contribution < -0.4 is 10.1 Å². The standard InChI is InChI=1S/C20H19Cl2FN4O2S/c1-11(29-17-7-5-4-6-14(17)21)18-25-26-20(27(18)3)30-12(2)19(28)24-13-8-9-16(23)15(22)10-13/h4-12H,1-3H3,(H,24,28). The number of ether oxygens (including phenoxy) is 1. The number of hydrogen-bond donors (Lipinski definition) is 1. The zero-order valence-electron chi connectivity index (χ0n) is 16.4. The largest absolute Gasteiger partial charge is 0.481 e. The first kappa shape index (κ1) is 22.4. The summed E-state index contributed by atoms with van der Waals surface area (Å²) in [4.78, 5) is 12.5. The Morgan fingerprint density at radius 2 is 1.90 bits per heavy atom. The van der Waals surface area contributed by atoms with E-state index >= 15 is 0 Å². The number of aromatic nitrogens is 3. The smallest absolute Gasteiger partial charge is 0.237 e. The highest BCUT2D eigenvalue weighted by molar-refractivity contribution is 8.00. The van der Waals surface area contributed by atoms with Gasteiger partial charge in [0, 0.05) is 12.7 Å². The minimum atomic E-state index is -0.545. The molecule has 3 aromatic rings. The lowest BCUT2D eigenvalue weighted by Gasteiger charge is -2.16. The van der Waals surface area contributed by atoms with E-state index in [4.69, 9.17) is 27.9 Å². The molecule has 0 aliphatic carbocycles. The van der Waals surface area contributed by atoms with Gasteiger partial charge in [-0.25, -0.2) is 4.39 Å². The number of carbonyl (C=O) groups excluding carboxylic acids is 1. The highest BCUT2D eigenvalue weighted by Crippen LogP contribution is 2.30. The van der Waals surface area contributed by atoms with E-state index in [0.717, 1.165) is 0 Å².